The van der Waals surface area contributed by atoms with Crippen molar-refractivity contribution in [3.8, 4) is 0 Å². The number of ether oxygens (including phenoxy) is 1. The molecule has 0 radical (unpaired) electrons. The molecule has 1 aliphatic rings. The Hall–Kier alpha value is -0.650. The Bertz CT molecular complexity index is 238. The molecule has 0 aromatic carbocycles. The van der Waals surface area contributed by atoms with Crippen LogP contribution in [0.2, 0.25) is 0 Å². The van der Waals surface area contributed by atoms with Gasteiger partial charge in [-0.1, -0.05) is 0 Å². The highest BCUT2D eigenvalue weighted by Crippen LogP contribution is 2.15. The molecule has 1 fully saturated rings. The molecule has 0 saturated carbocycles. The number of nitrogens with zero attached hydrogens (tertiary/aromatic N) is 1. The molecule has 3 unspecified atom stereocenters. The number of hydrogen-bond acceptors (Lipinski definition) is 4. The third-order valence-corrected chi connectivity index (χ3v) is 3.37. The van der Waals surface area contributed by atoms with Crippen LogP contribution in [-0.4, -0.2) is 62.8 Å². The van der Waals surface area contributed by atoms with Crippen molar-refractivity contribution >= 4 is 5.91 Å². The van der Waals surface area contributed by atoms with E-state index in [9.17, 15) is 4.79 Å². The Balaban J connectivity index is 2.24. The summed E-state index contributed by atoms with van der Waals surface area (Å²) < 4.78 is 4.89. The summed E-state index contributed by atoms with van der Waals surface area (Å²) in [5.41, 5.74) is 0. The number of likely N-dealkylation sites (tertiary alicyclic amines) is 1. The average molecular weight is 243 g/mol. The largest absolute Gasteiger partial charge is 0.383 e. The molecule has 0 spiro atoms. The van der Waals surface area contributed by atoms with E-state index in [1.807, 2.05) is 6.92 Å². The van der Waals surface area contributed by atoms with Gasteiger partial charge in [0.1, 0.15) is 0 Å². The summed E-state index contributed by atoms with van der Waals surface area (Å²) in [7, 11) is 3.75. The number of hydrogen-bond donors (Lipinski definition) is 2. The molecule has 0 aromatic rings. The van der Waals surface area contributed by atoms with Gasteiger partial charge in [0, 0.05) is 32.3 Å². The first-order valence-corrected chi connectivity index (χ1v) is 6.27. The highest BCUT2D eigenvalue weighted by Gasteiger charge is 2.28. The smallest absolute Gasteiger partial charge is 0.236 e. The fourth-order valence-corrected chi connectivity index (χ4v) is 2.17. The molecule has 0 bridgehead atoms. The van der Waals surface area contributed by atoms with E-state index in [0.29, 0.717) is 25.2 Å². The van der Waals surface area contributed by atoms with Gasteiger partial charge in [0.25, 0.3) is 0 Å². The SMILES string of the molecule is COCCNC(=O)C(C)NC1CC(C)N(C)C1. The number of likely N-dealkylation sites (N-methyl/N-ethyl adjacent to an activating group) is 1. The summed E-state index contributed by atoms with van der Waals surface area (Å²) in [4.78, 5) is 14.0. The van der Waals surface area contributed by atoms with Gasteiger partial charge in [-0.05, 0) is 27.3 Å². The molecule has 1 amide bonds. The fraction of sp³-hybridized carbons (Fsp3) is 0.917. The number of carbonyl (C=O) groups excluding carboxylic acids is 1. The van der Waals surface area contributed by atoms with Crippen LogP contribution in [0.4, 0.5) is 0 Å². The van der Waals surface area contributed by atoms with Crippen LogP contribution >= 0.6 is 0 Å². The first-order valence-electron chi connectivity index (χ1n) is 6.27. The molecule has 0 aromatic heterocycles. The predicted molar refractivity (Wildman–Crippen MR) is 68.0 cm³/mol. The van der Waals surface area contributed by atoms with Gasteiger partial charge in [-0.2, -0.15) is 0 Å². The van der Waals surface area contributed by atoms with E-state index < -0.39 is 0 Å². The van der Waals surface area contributed by atoms with Crippen LogP contribution in [0.15, 0.2) is 0 Å². The standard InChI is InChI=1S/C12H25N3O2/c1-9-7-11(8-15(9)3)14-10(2)12(16)13-5-6-17-4/h9-11,14H,5-8H2,1-4H3,(H,13,16). The molecule has 2 N–H and O–H groups in total. The van der Waals surface area contributed by atoms with Crippen molar-refractivity contribution in [3.63, 3.8) is 0 Å². The monoisotopic (exact) mass is 243 g/mol. The van der Waals surface area contributed by atoms with E-state index in [0.717, 1.165) is 13.0 Å². The van der Waals surface area contributed by atoms with Crippen LogP contribution in [-0.2, 0) is 9.53 Å². The highest BCUT2D eigenvalue weighted by atomic mass is 16.5. The molecule has 3 atom stereocenters. The van der Waals surface area contributed by atoms with Crippen molar-refractivity contribution < 1.29 is 9.53 Å². The zero-order valence-electron chi connectivity index (χ0n) is 11.3. The summed E-state index contributed by atoms with van der Waals surface area (Å²) in [6.45, 7) is 6.26. The number of rotatable bonds is 6. The number of methoxy groups -OCH3 is 1. The molecular weight excluding hydrogens is 218 g/mol. The molecule has 1 heterocycles. The van der Waals surface area contributed by atoms with Gasteiger partial charge >= 0.3 is 0 Å². The van der Waals surface area contributed by atoms with E-state index in [-0.39, 0.29) is 11.9 Å². The maximum atomic E-state index is 11.7. The lowest BCUT2D eigenvalue weighted by Crippen LogP contribution is -2.47. The molecular formula is C12H25N3O2. The second kappa shape index (κ2) is 6.93. The maximum absolute atomic E-state index is 11.7. The zero-order valence-corrected chi connectivity index (χ0v) is 11.3. The van der Waals surface area contributed by atoms with E-state index >= 15 is 0 Å². The Morgan fingerprint density at radius 1 is 1.59 bits per heavy atom. The first-order chi connectivity index (χ1) is 8.04. The molecule has 17 heavy (non-hydrogen) atoms. The van der Waals surface area contributed by atoms with Crippen LogP contribution in [0.3, 0.4) is 0 Å². The van der Waals surface area contributed by atoms with E-state index in [2.05, 4.69) is 29.5 Å². The molecule has 5 nitrogen and oxygen atoms in total. The van der Waals surface area contributed by atoms with Crippen molar-refractivity contribution in [3.05, 3.63) is 0 Å². The topological polar surface area (TPSA) is 53.6 Å². The molecule has 100 valence electrons. The van der Waals surface area contributed by atoms with Crippen LogP contribution in [0.1, 0.15) is 20.3 Å². The van der Waals surface area contributed by atoms with E-state index in [4.69, 9.17) is 4.74 Å². The molecule has 1 saturated heterocycles. The predicted octanol–water partition coefficient (Wildman–Crippen LogP) is -0.180. The van der Waals surface area contributed by atoms with Crippen LogP contribution < -0.4 is 10.6 Å². The highest BCUT2D eigenvalue weighted by molar-refractivity contribution is 5.81. The minimum absolute atomic E-state index is 0.0456. The number of nitrogens with one attached hydrogen (secondary N) is 2. The van der Waals surface area contributed by atoms with Gasteiger partial charge in [0.05, 0.1) is 12.6 Å². The number of carbonyl (C=O) groups is 1. The lowest BCUT2D eigenvalue weighted by molar-refractivity contribution is -0.123. The Morgan fingerprint density at radius 3 is 2.82 bits per heavy atom. The van der Waals surface area contributed by atoms with Crippen LogP contribution in [0.25, 0.3) is 0 Å². The van der Waals surface area contributed by atoms with Gasteiger partial charge in [0.15, 0.2) is 0 Å². The lowest BCUT2D eigenvalue weighted by atomic mass is 10.1. The Morgan fingerprint density at radius 2 is 2.29 bits per heavy atom. The summed E-state index contributed by atoms with van der Waals surface area (Å²) in [6, 6.07) is 0.866. The van der Waals surface area contributed by atoms with Crippen molar-refractivity contribution in [2.45, 2.75) is 38.4 Å². The first kappa shape index (κ1) is 14.4. The van der Waals surface area contributed by atoms with Gasteiger partial charge in [-0.3, -0.25) is 4.79 Å². The van der Waals surface area contributed by atoms with Crippen LogP contribution in [0, 0.1) is 0 Å². The maximum Gasteiger partial charge on any atom is 0.236 e. The average Bonchev–Trinajstić information content (AvgIpc) is 2.58. The summed E-state index contributed by atoms with van der Waals surface area (Å²) >= 11 is 0. The van der Waals surface area contributed by atoms with E-state index in [1.54, 1.807) is 7.11 Å². The molecule has 1 rings (SSSR count). The third kappa shape index (κ3) is 4.61. The minimum atomic E-state index is -0.143. The Kier molecular flexibility index (Phi) is 5.88. The summed E-state index contributed by atoms with van der Waals surface area (Å²) in [5.74, 6) is 0.0456. The summed E-state index contributed by atoms with van der Waals surface area (Å²) in [6.07, 6.45) is 1.10. The number of amides is 1. The van der Waals surface area contributed by atoms with Gasteiger partial charge in [-0.25, -0.2) is 0 Å². The quantitative estimate of drug-likeness (QED) is 0.636. The van der Waals surface area contributed by atoms with Gasteiger partial charge in [-0.15, -0.1) is 0 Å². The van der Waals surface area contributed by atoms with Crippen molar-refractivity contribution in [1.29, 1.82) is 0 Å². The van der Waals surface area contributed by atoms with Gasteiger partial charge < -0.3 is 20.3 Å². The minimum Gasteiger partial charge on any atom is -0.383 e. The summed E-state index contributed by atoms with van der Waals surface area (Å²) in [5, 5.41) is 6.21. The van der Waals surface area contributed by atoms with E-state index in [1.165, 1.54) is 0 Å². The third-order valence-electron chi connectivity index (χ3n) is 3.37. The second-order valence-corrected chi connectivity index (χ2v) is 4.89. The van der Waals surface area contributed by atoms with Crippen molar-refractivity contribution in [2.24, 2.45) is 0 Å². The molecule has 1 aliphatic heterocycles. The van der Waals surface area contributed by atoms with Crippen molar-refractivity contribution in [1.82, 2.24) is 15.5 Å². The normalized spacial score (nSPS) is 27.1. The molecule has 0 aliphatic carbocycles. The van der Waals surface area contributed by atoms with Crippen LogP contribution in [0.5, 0.6) is 0 Å². The Labute approximate surface area is 104 Å². The zero-order chi connectivity index (χ0) is 12.8. The molecule has 5 heteroatoms. The lowest BCUT2D eigenvalue weighted by Gasteiger charge is -2.18. The van der Waals surface area contributed by atoms with Crippen molar-refractivity contribution in [2.75, 3.05) is 33.9 Å². The van der Waals surface area contributed by atoms with Gasteiger partial charge in [0.2, 0.25) is 5.91 Å². The fourth-order valence-electron chi connectivity index (χ4n) is 2.17. The second-order valence-electron chi connectivity index (χ2n) is 4.89.